The van der Waals surface area contributed by atoms with E-state index in [0.29, 0.717) is 5.84 Å². The van der Waals surface area contributed by atoms with Gasteiger partial charge in [0, 0.05) is 12.6 Å². The highest BCUT2D eigenvalue weighted by molar-refractivity contribution is 5.96. The van der Waals surface area contributed by atoms with Crippen molar-refractivity contribution in [1.29, 1.82) is 0 Å². The molecule has 0 aromatic rings. The summed E-state index contributed by atoms with van der Waals surface area (Å²) < 4.78 is 0. The molecular weight excluding hydrogens is 164 g/mol. The molecule has 3 nitrogen and oxygen atoms in total. The summed E-state index contributed by atoms with van der Waals surface area (Å²) in [5.74, 6) is 0.526. The number of carbonyl (C=O) groups is 1. The van der Waals surface area contributed by atoms with E-state index >= 15 is 0 Å². The number of rotatable bonds is 4. The summed E-state index contributed by atoms with van der Waals surface area (Å²) in [6.45, 7) is 9.15. The fourth-order valence-electron chi connectivity index (χ4n) is 0.957. The van der Waals surface area contributed by atoms with Gasteiger partial charge in [-0.3, -0.25) is 4.79 Å². The summed E-state index contributed by atoms with van der Waals surface area (Å²) in [6.07, 6.45) is 3.12. The molecule has 0 unspecified atom stereocenters. The average molecular weight is 182 g/mol. The molecule has 0 fully saturated rings. The quantitative estimate of drug-likeness (QED) is 0.526. The molecule has 0 aliphatic rings. The van der Waals surface area contributed by atoms with Crippen LogP contribution in [0.2, 0.25) is 0 Å². The van der Waals surface area contributed by atoms with Gasteiger partial charge in [-0.1, -0.05) is 19.9 Å². The van der Waals surface area contributed by atoms with Crippen molar-refractivity contribution < 1.29 is 4.79 Å². The zero-order valence-corrected chi connectivity index (χ0v) is 8.68. The zero-order chi connectivity index (χ0) is 10.3. The van der Waals surface area contributed by atoms with Crippen LogP contribution in [0.25, 0.3) is 0 Å². The van der Waals surface area contributed by atoms with E-state index in [0.717, 1.165) is 25.0 Å². The Bertz CT molecular complexity index is 219. The minimum Gasteiger partial charge on any atom is -0.315 e. The maximum absolute atomic E-state index is 10.6. The molecule has 13 heavy (non-hydrogen) atoms. The van der Waals surface area contributed by atoms with E-state index in [9.17, 15) is 4.79 Å². The fraction of sp³-hybridized carbons (Fsp3) is 0.600. The van der Waals surface area contributed by atoms with Crippen molar-refractivity contribution in [3.63, 3.8) is 0 Å². The van der Waals surface area contributed by atoms with Crippen LogP contribution in [0.4, 0.5) is 0 Å². The van der Waals surface area contributed by atoms with Gasteiger partial charge in [0.05, 0.1) is 0 Å². The molecule has 0 aromatic heterocycles. The van der Waals surface area contributed by atoms with E-state index in [-0.39, 0.29) is 5.91 Å². The van der Waals surface area contributed by atoms with Gasteiger partial charge < -0.3 is 5.32 Å². The van der Waals surface area contributed by atoms with Crippen LogP contribution in [0.5, 0.6) is 0 Å². The molecule has 3 heteroatoms. The smallest absolute Gasteiger partial charge is 0.222 e. The van der Waals surface area contributed by atoms with Crippen LogP contribution in [0.3, 0.4) is 0 Å². The molecular formula is C10H18N2O. The molecule has 0 aliphatic heterocycles. The average Bonchev–Trinajstić information content (AvgIpc) is 1.98. The summed E-state index contributed by atoms with van der Waals surface area (Å²) in [6, 6.07) is 0. The third-order valence-corrected chi connectivity index (χ3v) is 1.50. The number of unbranched alkanes of at least 4 members (excludes halogenated alkanes) is 1. The number of nitrogens with zero attached hydrogens (tertiary/aromatic N) is 1. The first-order chi connectivity index (χ1) is 6.06. The Balaban J connectivity index is 3.91. The number of hydrogen-bond acceptors (Lipinski definition) is 2. The third-order valence-electron chi connectivity index (χ3n) is 1.50. The van der Waals surface area contributed by atoms with Crippen molar-refractivity contribution in [3.05, 3.63) is 12.3 Å². The molecule has 0 rings (SSSR count). The van der Waals surface area contributed by atoms with E-state index in [1.54, 1.807) is 6.92 Å². The second-order valence-corrected chi connectivity index (χ2v) is 3.05. The lowest BCUT2D eigenvalue weighted by Crippen LogP contribution is -2.25. The van der Waals surface area contributed by atoms with Crippen LogP contribution < -0.4 is 5.32 Å². The molecule has 1 amide bonds. The van der Waals surface area contributed by atoms with Crippen molar-refractivity contribution in [2.75, 3.05) is 0 Å². The Morgan fingerprint density at radius 2 is 2.08 bits per heavy atom. The Morgan fingerprint density at radius 1 is 1.46 bits per heavy atom. The van der Waals surface area contributed by atoms with Gasteiger partial charge >= 0.3 is 0 Å². The van der Waals surface area contributed by atoms with Crippen molar-refractivity contribution in [2.24, 2.45) is 4.99 Å². The standard InChI is InChI=1S/C10H18N2O/c1-5-6-7-8(2)11-9(3)12-10(4)13/h2,5-7H2,1,3-4H3,(H,11,12,13). The lowest BCUT2D eigenvalue weighted by Gasteiger charge is -2.02. The van der Waals surface area contributed by atoms with Gasteiger partial charge in [-0.2, -0.15) is 0 Å². The van der Waals surface area contributed by atoms with Gasteiger partial charge in [0.2, 0.25) is 5.91 Å². The summed E-state index contributed by atoms with van der Waals surface area (Å²) in [5, 5.41) is 2.60. The van der Waals surface area contributed by atoms with Gasteiger partial charge in [-0.15, -0.1) is 0 Å². The fourth-order valence-corrected chi connectivity index (χ4v) is 0.957. The number of allylic oxidation sites excluding steroid dienone is 1. The first-order valence-corrected chi connectivity index (χ1v) is 4.57. The highest BCUT2D eigenvalue weighted by Crippen LogP contribution is 2.05. The predicted molar refractivity (Wildman–Crippen MR) is 55.6 cm³/mol. The van der Waals surface area contributed by atoms with E-state index < -0.39 is 0 Å². The molecule has 0 heterocycles. The van der Waals surface area contributed by atoms with E-state index in [4.69, 9.17) is 0 Å². The molecule has 0 aliphatic carbocycles. The Hall–Kier alpha value is -1.12. The molecule has 0 radical (unpaired) electrons. The number of amides is 1. The molecule has 0 saturated heterocycles. The topological polar surface area (TPSA) is 41.5 Å². The minimum atomic E-state index is -0.0930. The molecule has 0 atom stereocenters. The summed E-state index contributed by atoms with van der Waals surface area (Å²) in [5.41, 5.74) is 0.827. The van der Waals surface area contributed by atoms with Gasteiger partial charge in [0.25, 0.3) is 0 Å². The third kappa shape index (κ3) is 7.25. The molecule has 1 N–H and O–H groups in total. The van der Waals surface area contributed by atoms with Crippen molar-refractivity contribution in [1.82, 2.24) is 5.32 Å². The van der Waals surface area contributed by atoms with Crippen LogP contribution >= 0.6 is 0 Å². The van der Waals surface area contributed by atoms with Crippen LogP contribution in [-0.2, 0) is 4.79 Å². The van der Waals surface area contributed by atoms with Crippen LogP contribution in [0.15, 0.2) is 17.3 Å². The summed E-state index contributed by atoms with van der Waals surface area (Å²) >= 11 is 0. The van der Waals surface area contributed by atoms with Crippen molar-refractivity contribution in [3.8, 4) is 0 Å². The van der Waals surface area contributed by atoms with Crippen molar-refractivity contribution >= 4 is 11.7 Å². The Morgan fingerprint density at radius 3 is 2.54 bits per heavy atom. The molecule has 0 aromatic carbocycles. The maximum atomic E-state index is 10.6. The lowest BCUT2D eigenvalue weighted by molar-refractivity contribution is -0.117. The number of hydrogen-bond donors (Lipinski definition) is 1. The molecule has 0 bridgehead atoms. The second kappa shape index (κ2) is 6.40. The zero-order valence-electron chi connectivity index (χ0n) is 8.68. The highest BCUT2D eigenvalue weighted by Gasteiger charge is 1.95. The minimum absolute atomic E-state index is 0.0930. The number of amidine groups is 1. The van der Waals surface area contributed by atoms with Crippen LogP contribution in [0.1, 0.15) is 40.0 Å². The van der Waals surface area contributed by atoms with E-state index in [1.807, 2.05) is 0 Å². The molecule has 74 valence electrons. The van der Waals surface area contributed by atoms with Gasteiger partial charge in [-0.25, -0.2) is 4.99 Å². The maximum Gasteiger partial charge on any atom is 0.222 e. The number of carbonyl (C=O) groups excluding carboxylic acids is 1. The lowest BCUT2D eigenvalue weighted by atomic mass is 10.2. The number of nitrogens with one attached hydrogen (secondary N) is 1. The Labute approximate surface area is 79.9 Å². The molecule has 0 spiro atoms. The van der Waals surface area contributed by atoms with Gasteiger partial charge in [0.15, 0.2) is 0 Å². The van der Waals surface area contributed by atoms with Crippen molar-refractivity contribution in [2.45, 2.75) is 40.0 Å². The SMILES string of the molecule is C=C(CCCC)N=C(C)NC(C)=O. The normalized spacial score (nSPS) is 11.2. The first kappa shape index (κ1) is 11.9. The second-order valence-electron chi connectivity index (χ2n) is 3.05. The highest BCUT2D eigenvalue weighted by atomic mass is 16.1. The molecule has 0 saturated carbocycles. The predicted octanol–water partition coefficient (Wildman–Crippen LogP) is 2.24. The van der Waals surface area contributed by atoms with Crippen LogP contribution in [-0.4, -0.2) is 11.7 Å². The van der Waals surface area contributed by atoms with E-state index in [1.165, 1.54) is 6.92 Å². The largest absolute Gasteiger partial charge is 0.315 e. The van der Waals surface area contributed by atoms with Crippen LogP contribution in [0, 0.1) is 0 Å². The summed E-state index contributed by atoms with van der Waals surface area (Å²) in [7, 11) is 0. The van der Waals surface area contributed by atoms with Gasteiger partial charge in [0.1, 0.15) is 5.84 Å². The number of aliphatic imine (C=N–C) groups is 1. The monoisotopic (exact) mass is 182 g/mol. The Kier molecular flexibility index (Phi) is 5.85. The first-order valence-electron chi connectivity index (χ1n) is 4.57. The van der Waals surface area contributed by atoms with E-state index in [2.05, 4.69) is 23.8 Å². The van der Waals surface area contributed by atoms with Gasteiger partial charge in [-0.05, 0) is 19.8 Å². The summed E-state index contributed by atoms with van der Waals surface area (Å²) in [4.78, 5) is 14.8.